The Balaban J connectivity index is 1.49. The first-order chi connectivity index (χ1) is 18.0. The molecule has 1 saturated heterocycles. The normalized spacial score (nSPS) is 20.5. The summed E-state index contributed by atoms with van der Waals surface area (Å²) in [6.45, 7) is 4.31. The predicted molar refractivity (Wildman–Crippen MR) is 149 cm³/mol. The molecule has 1 aliphatic carbocycles. The zero-order valence-corrected chi connectivity index (χ0v) is 23.1. The van der Waals surface area contributed by atoms with Crippen molar-refractivity contribution >= 4 is 40.2 Å². The van der Waals surface area contributed by atoms with Crippen LogP contribution in [0.3, 0.4) is 0 Å². The zero-order valence-electron chi connectivity index (χ0n) is 21.5. The number of hydrogen-bond acceptors (Lipinski definition) is 7. The van der Waals surface area contributed by atoms with Gasteiger partial charge in [-0.3, -0.25) is 4.79 Å². The lowest BCUT2D eigenvalue weighted by atomic mass is 9.82. The summed E-state index contributed by atoms with van der Waals surface area (Å²) in [7, 11) is 1.40. The molecule has 1 aliphatic heterocycles. The Labute approximate surface area is 226 Å². The molecule has 3 aromatic rings. The van der Waals surface area contributed by atoms with Crippen LogP contribution in [0, 0.1) is 17.8 Å². The van der Waals surface area contributed by atoms with Gasteiger partial charge in [0.25, 0.3) is 0 Å². The molecule has 1 aromatic carbocycles. The molecule has 3 heterocycles. The van der Waals surface area contributed by atoms with E-state index in [4.69, 9.17) is 9.47 Å². The fourth-order valence-electron chi connectivity index (χ4n) is 5.35. The Hall–Kier alpha value is -2.55. The molecule has 0 atom stereocenters. The van der Waals surface area contributed by atoms with Gasteiger partial charge in [-0.15, -0.1) is 22.7 Å². The highest BCUT2D eigenvalue weighted by Gasteiger charge is 2.34. The lowest BCUT2D eigenvalue weighted by molar-refractivity contribution is -0.123. The zero-order chi connectivity index (χ0) is 25.8. The Bertz CT molecular complexity index is 1190. The number of aromatic nitrogens is 1. The second kappa shape index (κ2) is 11.9. The Morgan fingerprint density at radius 1 is 1.05 bits per heavy atom. The van der Waals surface area contributed by atoms with Crippen LogP contribution in [0.15, 0.2) is 41.2 Å². The van der Waals surface area contributed by atoms with Gasteiger partial charge in [0.15, 0.2) is 0 Å². The van der Waals surface area contributed by atoms with E-state index in [0.717, 1.165) is 73.4 Å². The minimum absolute atomic E-state index is 0.00211. The second-order valence-corrected chi connectivity index (χ2v) is 12.0. The number of hydrogen-bond donors (Lipinski definition) is 0. The second-order valence-electron chi connectivity index (χ2n) is 10.2. The van der Waals surface area contributed by atoms with Crippen molar-refractivity contribution in [1.29, 1.82) is 0 Å². The van der Waals surface area contributed by atoms with Gasteiger partial charge in [-0.1, -0.05) is 31.2 Å². The highest BCUT2D eigenvalue weighted by Crippen LogP contribution is 2.40. The van der Waals surface area contributed by atoms with Gasteiger partial charge in [-0.05, 0) is 62.0 Å². The van der Waals surface area contributed by atoms with Crippen molar-refractivity contribution in [3.8, 4) is 21.7 Å². The van der Waals surface area contributed by atoms with E-state index in [1.165, 1.54) is 18.4 Å². The van der Waals surface area contributed by atoms with Crippen LogP contribution in [-0.2, 0) is 14.3 Å². The van der Waals surface area contributed by atoms with E-state index < -0.39 is 5.97 Å². The van der Waals surface area contributed by atoms with Gasteiger partial charge in [0, 0.05) is 41.5 Å². The van der Waals surface area contributed by atoms with E-state index >= 15 is 0 Å². The topological polar surface area (TPSA) is 68.7 Å². The summed E-state index contributed by atoms with van der Waals surface area (Å²) in [5.41, 5.74) is 5.52. The van der Waals surface area contributed by atoms with E-state index in [-0.39, 0.29) is 11.8 Å². The van der Waals surface area contributed by atoms with E-state index in [1.807, 2.05) is 21.9 Å². The van der Waals surface area contributed by atoms with E-state index in [1.54, 1.807) is 11.3 Å². The lowest BCUT2D eigenvalue weighted by Gasteiger charge is -2.34. The summed E-state index contributed by atoms with van der Waals surface area (Å²) in [5, 5.41) is 2.03. The standard InChI is InChI=1S/C29H34N2O4S2/c1-19-3-5-23(6-4-19)28(32)31(16-20-11-13-35-14-12-20)25-15-26(37-27(25)29(33)34-2)22-9-7-21(8-10-22)24-17-36-18-30-24/h7-10,15,17-20,23H,3-6,11-14,16H2,1-2H3/t19-,23-. The van der Waals surface area contributed by atoms with Gasteiger partial charge >= 0.3 is 5.97 Å². The number of methoxy groups -OCH3 is 1. The number of anilines is 1. The number of nitrogens with zero attached hydrogens (tertiary/aromatic N) is 2. The molecule has 5 rings (SSSR count). The number of carbonyl (C=O) groups is 2. The molecule has 1 saturated carbocycles. The first-order valence-corrected chi connectivity index (χ1v) is 14.9. The number of esters is 1. The summed E-state index contributed by atoms with van der Waals surface area (Å²) in [5.74, 6) is 0.770. The summed E-state index contributed by atoms with van der Waals surface area (Å²) in [4.78, 5) is 34.7. The van der Waals surface area contributed by atoms with Crippen LogP contribution < -0.4 is 4.90 Å². The van der Waals surface area contributed by atoms with Crippen LogP contribution in [0.25, 0.3) is 21.7 Å². The van der Waals surface area contributed by atoms with Crippen molar-refractivity contribution in [2.45, 2.75) is 45.4 Å². The average Bonchev–Trinajstić information content (AvgIpc) is 3.63. The number of thiazole rings is 1. The number of rotatable bonds is 7. The van der Waals surface area contributed by atoms with Crippen molar-refractivity contribution in [2.75, 3.05) is 31.8 Å². The monoisotopic (exact) mass is 538 g/mol. The molecule has 37 heavy (non-hydrogen) atoms. The molecule has 8 heteroatoms. The minimum Gasteiger partial charge on any atom is -0.465 e. The number of carbonyl (C=O) groups excluding carboxylic acids is 2. The smallest absolute Gasteiger partial charge is 0.350 e. The van der Waals surface area contributed by atoms with E-state index in [9.17, 15) is 9.59 Å². The molecule has 0 radical (unpaired) electrons. The predicted octanol–water partition coefficient (Wildman–Crippen LogP) is 6.91. The van der Waals surface area contributed by atoms with Crippen LogP contribution in [0.2, 0.25) is 0 Å². The fourth-order valence-corrected chi connectivity index (χ4v) is 6.99. The van der Waals surface area contributed by atoms with Gasteiger partial charge in [-0.25, -0.2) is 9.78 Å². The van der Waals surface area contributed by atoms with Gasteiger partial charge < -0.3 is 14.4 Å². The molecule has 2 fully saturated rings. The van der Waals surface area contributed by atoms with E-state index in [2.05, 4.69) is 36.2 Å². The van der Waals surface area contributed by atoms with Crippen molar-refractivity contribution in [3.05, 3.63) is 46.1 Å². The largest absolute Gasteiger partial charge is 0.465 e. The molecule has 0 bridgehead atoms. The van der Waals surface area contributed by atoms with Crippen molar-refractivity contribution in [3.63, 3.8) is 0 Å². The Morgan fingerprint density at radius 3 is 2.41 bits per heavy atom. The number of amides is 1. The Morgan fingerprint density at radius 2 is 1.76 bits per heavy atom. The highest BCUT2D eigenvalue weighted by atomic mass is 32.1. The van der Waals surface area contributed by atoms with Crippen LogP contribution >= 0.6 is 22.7 Å². The average molecular weight is 539 g/mol. The summed E-state index contributed by atoms with van der Waals surface area (Å²) < 4.78 is 10.8. The maximum Gasteiger partial charge on any atom is 0.350 e. The third-order valence-electron chi connectivity index (χ3n) is 7.68. The SMILES string of the molecule is COC(=O)c1sc(-c2ccc(-c3cscn3)cc2)cc1N(CC1CCOCC1)C(=O)[C@H]1CC[C@H](C)CC1. The number of benzene rings is 1. The van der Waals surface area contributed by atoms with Gasteiger partial charge in [0.2, 0.25) is 5.91 Å². The van der Waals surface area contributed by atoms with Crippen LogP contribution in [0.4, 0.5) is 5.69 Å². The Kier molecular flexibility index (Phi) is 8.37. The van der Waals surface area contributed by atoms with Gasteiger partial charge in [0.1, 0.15) is 4.88 Å². The van der Waals surface area contributed by atoms with Crippen molar-refractivity contribution in [1.82, 2.24) is 4.98 Å². The summed E-state index contributed by atoms with van der Waals surface area (Å²) in [6, 6.07) is 10.2. The number of thiophene rings is 1. The molecule has 0 unspecified atom stereocenters. The van der Waals surface area contributed by atoms with Crippen molar-refractivity contribution < 1.29 is 19.1 Å². The molecular formula is C29H34N2O4S2. The number of ether oxygens (including phenoxy) is 2. The van der Waals surface area contributed by atoms with Crippen LogP contribution in [0.1, 0.15) is 55.1 Å². The first kappa shape index (κ1) is 26.1. The molecule has 196 valence electrons. The third kappa shape index (κ3) is 5.97. The van der Waals surface area contributed by atoms with E-state index in [0.29, 0.717) is 28.9 Å². The molecule has 1 amide bonds. The molecule has 2 aromatic heterocycles. The molecule has 0 N–H and O–H groups in total. The quantitative estimate of drug-likeness (QED) is 0.306. The maximum absolute atomic E-state index is 14.0. The third-order valence-corrected chi connectivity index (χ3v) is 9.42. The lowest BCUT2D eigenvalue weighted by Crippen LogP contribution is -2.42. The van der Waals surface area contributed by atoms with Crippen LogP contribution in [-0.4, -0.2) is 43.7 Å². The van der Waals surface area contributed by atoms with Crippen molar-refractivity contribution in [2.24, 2.45) is 17.8 Å². The van der Waals surface area contributed by atoms with Gasteiger partial charge in [-0.2, -0.15) is 0 Å². The minimum atomic E-state index is -0.396. The molecule has 6 nitrogen and oxygen atoms in total. The summed E-state index contributed by atoms with van der Waals surface area (Å²) >= 11 is 2.97. The van der Waals surface area contributed by atoms with Crippen LogP contribution in [0.5, 0.6) is 0 Å². The summed E-state index contributed by atoms with van der Waals surface area (Å²) in [6.07, 6.45) is 5.82. The molecule has 0 spiro atoms. The fraction of sp³-hybridized carbons (Fsp3) is 0.483. The van der Waals surface area contributed by atoms with Gasteiger partial charge in [0.05, 0.1) is 24.0 Å². The maximum atomic E-state index is 14.0. The first-order valence-electron chi connectivity index (χ1n) is 13.1. The molecular weight excluding hydrogens is 504 g/mol. The molecule has 2 aliphatic rings. The highest BCUT2D eigenvalue weighted by molar-refractivity contribution is 7.18.